The number of aryl methyl sites for hydroxylation is 1. The fourth-order valence-electron chi connectivity index (χ4n) is 3.71. The van der Waals surface area contributed by atoms with E-state index in [0.29, 0.717) is 17.7 Å². The first-order chi connectivity index (χ1) is 12.8. The number of halogens is 1. The van der Waals surface area contributed by atoms with E-state index in [1.165, 1.54) is 17.2 Å². The SMILES string of the molecule is Cc1nn([C@H]2CCS(=O)(=O)C2)c(Cl)c1/C=C(\C#N)C(=O)NC1CCCCC1. The highest BCUT2D eigenvalue weighted by atomic mass is 35.5. The third-order valence-corrected chi connectivity index (χ3v) is 7.35. The van der Waals surface area contributed by atoms with Crippen LogP contribution in [0.15, 0.2) is 5.57 Å². The molecule has 9 heteroatoms. The van der Waals surface area contributed by atoms with Gasteiger partial charge in [0.1, 0.15) is 16.8 Å². The van der Waals surface area contributed by atoms with Crippen molar-refractivity contribution < 1.29 is 13.2 Å². The summed E-state index contributed by atoms with van der Waals surface area (Å²) in [5, 5.41) is 17.0. The Morgan fingerprint density at radius 2 is 2.04 bits per heavy atom. The van der Waals surface area contributed by atoms with Gasteiger partial charge in [-0.2, -0.15) is 10.4 Å². The van der Waals surface area contributed by atoms with Crippen LogP contribution in [0.1, 0.15) is 55.8 Å². The van der Waals surface area contributed by atoms with Crippen molar-refractivity contribution in [2.24, 2.45) is 0 Å². The molecule has 3 rings (SSSR count). The summed E-state index contributed by atoms with van der Waals surface area (Å²) in [6.07, 6.45) is 7.11. The molecule has 27 heavy (non-hydrogen) atoms. The molecule has 0 bridgehead atoms. The van der Waals surface area contributed by atoms with Gasteiger partial charge in [-0.3, -0.25) is 4.79 Å². The number of nitrogens with one attached hydrogen (secondary N) is 1. The molecule has 1 saturated heterocycles. The third kappa shape index (κ3) is 4.53. The number of nitrogens with zero attached hydrogens (tertiary/aromatic N) is 3. The Kier molecular flexibility index (Phi) is 5.92. The van der Waals surface area contributed by atoms with Gasteiger partial charge in [0, 0.05) is 11.6 Å². The molecule has 0 unspecified atom stereocenters. The summed E-state index contributed by atoms with van der Waals surface area (Å²) in [5.41, 5.74) is 1.02. The third-order valence-electron chi connectivity index (χ3n) is 5.22. The maximum absolute atomic E-state index is 12.5. The lowest BCUT2D eigenvalue weighted by atomic mass is 9.95. The molecule has 0 radical (unpaired) electrons. The highest BCUT2D eigenvalue weighted by Crippen LogP contribution is 2.31. The molecule has 1 aliphatic heterocycles. The number of hydrogen-bond donors (Lipinski definition) is 1. The highest BCUT2D eigenvalue weighted by molar-refractivity contribution is 7.91. The van der Waals surface area contributed by atoms with Gasteiger partial charge in [0.25, 0.3) is 5.91 Å². The van der Waals surface area contributed by atoms with Crippen LogP contribution < -0.4 is 5.32 Å². The van der Waals surface area contributed by atoms with E-state index >= 15 is 0 Å². The molecule has 1 aromatic rings. The van der Waals surface area contributed by atoms with Gasteiger partial charge in [0.05, 0.1) is 23.2 Å². The number of nitriles is 1. The largest absolute Gasteiger partial charge is 0.349 e. The van der Waals surface area contributed by atoms with E-state index in [1.54, 1.807) is 6.92 Å². The van der Waals surface area contributed by atoms with Crippen LogP contribution in [-0.2, 0) is 14.6 Å². The van der Waals surface area contributed by atoms with Crippen molar-refractivity contribution in [3.63, 3.8) is 0 Å². The first-order valence-electron chi connectivity index (χ1n) is 9.18. The minimum Gasteiger partial charge on any atom is -0.349 e. The smallest absolute Gasteiger partial charge is 0.262 e. The maximum Gasteiger partial charge on any atom is 0.262 e. The molecule has 0 spiro atoms. The molecule has 146 valence electrons. The Hall–Kier alpha value is -1.85. The van der Waals surface area contributed by atoms with Crippen LogP contribution in [0.4, 0.5) is 0 Å². The normalized spacial score (nSPS) is 23.1. The van der Waals surface area contributed by atoms with Gasteiger partial charge < -0.3 is 5.32 Å². The van der Waals surface area contributed by atoms with Crippen LogP contribution >= 0.6 is 11.6 Å². The van der Waals surface area contributed by atoms with Gasteiger partial charge >= 0.3 is 0 Å². The zero-order valence-electron chi connectivity index (χ0n) is 15.2. The van der Waals surface area contributed by atoms with E-state index < -0.39 is 15.7 Å². The van der Waals surface area contributed by atoms with Crippen molar-refractivity contribution in [1.29, 1.82) is 5.26 Å². The highest BCUT2D eigenvalue weighted by Gasteiger charge is 2.32. The van der Waals surface area contributed by atoms with Crippen molar-refractivity contribution in [3.8, 4) is 6.07 Å². The molecule has 1 atom stereocenters. The number of amides is 1. The lowest BCUT2D eigenvalue weighted by Gasteiger charge is -2.22. The monoisotopic (exact) mass is 410 g/mol. The van der Waals surface area contributed by atoms with Crippen molar-refractivity contribution in [3.05, 3.63) is 22.0 Å². The molecule has 2 heterocycles. The fourth-order valence-corrected chi connectivity index (χ4v) is 5.77. The summed E-state index contributed by atoms with van der Waals surface area (Å²) in [7, 11) is -3.07. The summed E-state index contributed by atoms with van der Waals surface area (Å²) in [6.45, 7) is 1.73. The van der Waals surface area contributed by atoms with E-state index in [1.807, 2.05) is 6.07 Å². The minimum absolute atomic E-state index is 0.00423. The van der Waals surface area contributed by atoms with Gasteiger partial charge in [-0.1, -0.05) is 30.9 Å². The van der Waals surface area contributed by atoms with Gasteiger partial charge in [0.15, 0.2) is 9.84 Å². The Balaban J connectivity index is 1.82. The van der Waals surface area contributed by atoms with E-state index in [4.69, 9.17) is 11.6 Å². The van der Waals surface area contributed by atoms with Gasteiger partial charge in [-0.05, 0) is 32.3 Å². The molecular weight excluding hydrogens is 388 g/mol. The van der Waals surface area contributed by atoms with Gasteiger partial charge in [-0.15, -0.1) is 0 Å². The zero-order valence-corrected chi connectivity index (χ0v) is 16.8. The zero-order chi connectivity index (χ0) is 19.6. The van der Waals surface area contributed by atoms with Crippen molar-refractivity contribution >= 4 is 33.4 Å². The molecule has 1 saturated carbocycles. The predicted octanol–water partition coefficient (Wildman–Crippen LogP) is 2.56. The average molecular weight is 411 g/mol. The topological polar surface area (TPSA) is 105 Å². The number of carbonyl (C=O) groups excluding carboxylic acids is 1. The summed E-state index contributed by atoms with van der Waals surface area (Å²) < 4.78 is 25.0. The lowest BCUT2D eigenvalue weighted by molar-refractivity contribution is -0.117. The molecule has 1 N–H and O–H groups in total. The first kappa shape index (κ1) is 19.9. The van der Waals surface area contributed by atoms with Crippen LogP contribution in [0.3, 0.4) is 0 Å². The Labute approximate surface area is 164 Å². The molecule has 7 nitrogen and oxygen atoms in total. The fraction of sp³-hybridized carbons (Fsp3) is 0.611. The molecule has 0 aromatic carbocycles. The minimum atomic E-state index is -3.07. The van der Waals surface area contributed by atoms with Crippen LogP contribution in [0, 0.1) is 18.3 Å². The second kappa shape index (κ2) is 8.03. The molecule has 2 aliphatic rings. The molecule has 1 aromatic heterocycles. The number of aromatic nitrogens is 2. The van der Waals surface area contributed by atoms with Crippen molar-refractivity contribution in [1.82, 2.24) is 15.1 Å². The van der Waals surface area contributed by atoms with Crippen LogP contribution in [-0.4, -0.2) is 41.7 Å². The summed E-state index contributed by atoms with van der Waals surface area (Å²) >= 11 is 6.42. The number of hydrogen-bond acceptors (Lipinski definition) is 5. The quantitative estimate of drug-likeness (QED) is 0.606. The maximum atomic E-state index is 12.5. The van der Waals surface area contributed by atoms with E-state index in [9.17, 15) is 18.5 Å². The molecule has 2 fully saturated rings. The average Bonchev–Trinajstić information content (AvgIpc) is 3.13. The summed E-state index contributed by atoms with van der Waals surface area (Å²) in [4.78, 5) is 12.5. The Morgan fingerprint density at radius 3 is 2.63 bits per heavy atom. The van der Waals surface area contributed by atoms with Gasteiger partial charge in [-0.25, -0.2) is 13.1 Å². The lowest BCUT2D eigenvalue weighted by Crippen LogP contribution is -2.36. The summed E-state index contributed by atoms with van der Waals surface area (Å²) in [5.74, 6) is -0.286. The van der Waals surface area contributed by atoms with E-state index in [0.717, 1.165) is 25.7 Å². The van der Waals surface area contributed by atoms with Crippen LogP contribution in [0.25, 0.3) is 6.08 Å². The molecular formula is C18H23ClN4O3S. The Bertz CT molecular complexity index is 908. The second-order valence-corrected chi connectivity index (χ2v) is 9.86. The van der Waals surface area contributed by atoms with Crippen LogP contribution in [0.2, 0.25) is 5.15 Å². The van der Waals surface area contributed by atoms with Gasteiger partial charge in [0.2, 0.25) is 0 Å². The first-order valence-corrected chi connectivity index (χ1v) is 11.4. The second-order valence-electron chi connectivity index (χ2n) is 7.27. The standard InChI is InChI=1S/C18H23ClN4O3S/c1-12-16(17(19)23(22-12)15-7-8-27(25,26)11-15)9-13(10-20)18(24)21-14-5-3-2-4-6-14/h9,14-15H,2-8,11H2,1H3,(H,21,24)/b13-9+/t15-/m0/s1. The molecule has 1 aliphatic carbocycles. The number of carbonyl (C=O) groups is 1. The number of sulfone groups is 1. The van der Waals surface area contributed by atoms with Crippen molar-refractivity contribution in [2.75, 3.05) is 11.5 Å². The Morgan fingerprint density at radius 1 is 1.33 bits per heavy atom. The van der Waals surface area contributed by atoms with Crippen LogP contribution in [0.5, 0.6) is 0 Å². The summed E-state index contributed by atoms with van der Waals surface area (Å²) in [6, 6.07) is 1.73. The molecule has 1 amide bonds. The van der Waals surface area contributed by atoms with E-state index in [2.05, 4.69) is 10.4 Å². The van der Waals surface area contributed by atoms with Crippen molar-refractivity contribution in [2.45, 2.75) is 57.5 Å². The predicted molar refractivity (Wildman–Crippen MR) is 103 cm³/mol. The van der Waals surface area contributed by atoms with E-state index in [-0.39, 0.29) is 34.3 Å². The number of rotatable bonds is 4.